The zero-order valence-corrected chi connectivity index (χ0v) is 14.2. The third-order valence-electron chi connectivity index (χ3n) is 4.37. The SMILES string of the molecule is CC(C)(C)OC(=O)N1CCC2(CC1)Cn1nc(C(=O)O)cc1CO2. The summed E-state index contributed by atoms with van der Waals surface area (Å²) in [6.07, 6.45) is 1.04. The number of aromatic carboxylic acids is 1. The van der Waals surface area contributed by atoms with E-state index in [4.69, 9.17) is 14.6 Å². The van der Waals surface area contributed by atoms with Gasteiger partial charge >= 0.3 is 12.1 Å². The highest BCUT2D eigenvalue weighted by Crippen LogP contribution is 2.33. The third kappa shape index (κ3) is 3.38. The highest BCUT2D eigenvalue weighted by molar-refractivity contribution is 5.85. The molecule has 0 atom stereocenters. The topological polar surface area (TPSA) is 93.9 Å². The fourth-order valence-electron chi connectivity index (χ4n) is 3.08. The normalized spacial score (nSPS) is 19.9. The number of hydrogen-bond donors (Lipinski definition) is 1. The minimum Gasteiger partial charge on any atom is -0.476 e. The zero-order chi connectivity index (χ0) is 17.5. The summed E-state index contributed by atoms with van der Waals surface area (Å²) in [5, 5.41) is 13.2. The number of nitrogens with zero attached hydrogens (tertiary/aromatic N) is 3. The average Bonchev–Trinajstić information content (AvgIpc) is 2.89. The number of carbonyl (C=O) groups is 2. The maximum Gasteiger partial charge on any atom is 0.410 e. The third-order valence-corrected chi connectivity index (χ3v) is 4.37. The van der Waals surface area contributed by atoms with Crippen molar-refractivity contribution in [2.75, 3.05) is 13.1 Å². The summed E-state index contributed by atoms with van der Waals surface area (Å²) >= 11 is 0. The lowest BCUT2D eigenvalue weighted by Gasteiger charge is -2.43. The summed E-state index contributed by atoms with van der Waals surface area (Å²) in [4.78, 5) is 24.9. The van der Waals surface area contributed by atoms with Gasteiger partial charge in [0.2, 0.25) is 0 Å². The molecule has 0 unspecified atom stereocenters. The molecule has 3 heterocycles. The Morgan fingerprint density at radius 2 is 2.00 bits per heavy atom. The van der Waals surface area contributed by atoms with E-state index in [9.17, 15) is 9.59 Å². The Morgan fingerprint density at radius 1 is 1.33 bits per heavy atom. The summed E-state index contributed by atoms with van der Waals surface area (Å²) < 4.78 is 13.1. The molecule has 1 fully saturated rings. The zero-order valence-electron chi connectivity index (χ0n) is 14.2. The van der Waals surface area contributed by atoms with Crippen LogP contribution in [0.2, 0.25) is 0 Å². The summed E-state index contributed by atoms with van der Waals surface area (Å²) in [7, 11) is 0. The van der Waals surface area contributed by atoms with Crippen LogP contribution < -0.4 is 0 Å². The molecule has 0 radical (unpaired) electrons. The predicted molar refractivity (Wildman–Crippen MR) is 83.7 cm³/mol. The van der Waals surface area contributed by atoms with E-state index in [0.29, 0.717) is 39.1 Å². The minimum atomic E-state index is -1.04. The van der Waals surface area contributed by atoms with Crippen LogP contribution in [0.4, 0.5) is 4.79 Å². The number of carbonyl (C=O) groups excluding carboxylic acids is 1. The van der Waals surface area contributed by atoms with Crippen molar-refractivity contribution in [1.82, 2.24) is 14.7 Å². The van der Waals surface area contributed by atoms with Crippen LogP contribution in [0.1, 0.15) is 49.8 Å². The van der Waals surface area contributed by atoms with Crippen molar-refractivity contribution in [3.8, 4) is 0 Å². The molecule has 0 aromatic carbocycles. The number of fused-ring (bicyclic) bond motifs is 1. The van der Waals surface area contributed by atoms with E-state index in [-0.39, 0.29) is 11.8 Å². The van der Waals surface area contributed by atoms with Crippen LogP contribution >= 0.6 is 0 Å². The molecule has 1 spiro atoms. The minimum absolute atomic E-state index is 0.0387. The number of carboxylic acids is 1. The summed E-state index contributed by atoms with van der Waals surface area (Å²) in [6, 6.07) is 1.55. The molecular formula is C16H23N3O5. The van der Waals surface area contributed by atoms with Crippen molar-refractivity contribution < 1.29 is 24.2 Å². The predicted octanol–water partition coefficient (Wildman–Crippen LogP) is 1.88. The molecule has 0 bridgehead atoms. The van der Waals surface area contributed by atoms with E-state index in [0.717, 1.165) is 5.69 Å². The van der Waals surface area contributed by atoms with E-state index < -0.39 is 17.2 Å². The molecule has 2 aliphatic heterocycles. The molecule has 1 aromatic heterocycles. The van der Waals surface area contributed by atoms with Crippen LogP contribution in [0.25, 0.3) is 0 Å². The second kappa shape index (κ2) is 5.77. The number of hydrogen-bond acceptors (Lipinski definition) is 5. The number of rotatable bonds is 1. The Bertz CT molecular complexity index is 653. The van der Waals surface area contributed by atoms with Crippen LogP contribution in [-0.4, -0.2) is 56.1 Å². The first-order valence-corrected chi connectivity index (χ1v) is 8.09. The van der Waals surface area contributed by atoms with Crippen LogP contribution in [0, 0.1) is 0 Å². The average molecular weight is 337 g/mol. The number of amides is 1. The Hall–Kier alpha value is -2.09. The number of ether oxygens (including phenoxy) is 2. The molecule has 1 aromatic rings. The second-order valence-electron chi connectivity index (χ2n) is 7.42. The van der Waals surface area contributed by atoms with Gasteiger partial charge in [0.15, 0.2) is 5.69 Å². The quantitative estimate of drug-likeness (QED) is 0.841. The van der Waals surface area contributed by atoms with Crippen molar-refractivity contribution in [2.45, 2.75) is 58.0 Å². The van der Waals surface area contributed by atoms with Crippen molar-refractivity contribution >= 4 is 12.1 Å². The fraction of sp³-hybridized carbons (Fsp3) is 0.688. The summed E-state index contributed by atoms with van der Waals surface area (Å²) in [6.45, 7) is 7.50. The van der Waals surface area contributed by atoms with Crippen molar-refractivity contribution in [3.63, 3.8) is 0 Å². The largest absolute Gasteiger partial charge is 0.476 e. The van der Waals surface area contributed by atoms with Crippen molar-refractivity contribution in [3.05, 3.63) is 17.5 Å². The van der Waals surface area contributed by atoms with Gasteiger partial charge in [0.1, 0.15) is 5.60 Å². The molecule has 1 saturated heterocycles. The Morgan fingerprint density at radius 3 is 2.58 bits per heavy atom. The van der Waals surface area contributed by atoms with Gasteiger partial charge in [-0.1, -0.05) is 0 Å². The van der Waals surface area contributed by atoms with Gasteiger partial charge in [0.05, 0.1) is 24.4 Å². The van der Waals surface area contributed by atoms with Gasteiger partial charge in [-0.05, 0) is 39.7 Å². The first kappa shape index (κ1) is 16.8. The van der Waals surface area contributed by atoms with Gasteiger partial charge in [0.25, 0.3) is 0 Å². The number of aromatic nitrogens is 2. The number of piperidine rings is 1. The van der Waals surface area contributed by atoms with Gasteiger partial charge in [-0.2, -0.15) is 5.10 Å². The van der Waals surface area contributed by atoms with Gasteiger partial charge in [-0.25, -0.2) is 9.59 Å². The molecule has 8 nitrogen and oxygen atoms in total. The molecule has 1 N–H and O–H groups in total. The van der Waals surface area contributed by atoms with Crippen molar-refractivity contribution in [2.24, 2.45) is 0 Å². The number of carboxylic acid groups (broad SMARTS) is 1. The fourth-order valence-corrected chi connectivity index (χ4v) is 3.08. The molecular weight excluding hydrogens is 314 g/mol. The number of likely N-dealkylation sites (tertiary alicyclic amines) is 1. The Labute approximate surface area is 140 Å². The molecule has 132 valence electrons. The van der Waals surface area contributed by atoms with Crippen LogP contribution in [-0.2, 0) is 22.6 Å². The van der Waals surface area contributed by atoms with E-state index in [2.05, 4.69) is 5.10 Å². The molecule has 8 heteroatoms. The maximum atomic E-state index is 12.1. The van der Waals surface area contributed by atoms with Gasteiger partial charge in [-0.3, -0.25) is 4.68 Å². The molecule has 0 saturated carbocycles. The van der Waals surface area contributed by atoms with Crippen LogP contribution in [0.5, 0.6) is 0 Å². The highest BCUT2D eigenvalue weighted by atomic mass is 16.6. The first-order chi connectivity index (χ1) is 11.2. The van der Waals surface area contributed by atoms with E-state index >= 15 is 0 Å². The van der Waals surface area contributed by atoms with E-state index in [1.54, 1.807) is 15.6 Å². The Balaban J connectivity index is 1.64. The lowest BCUT2D eigenvalue weighted by molar-refractivity contribution is -0.122. The Kier molecular flexibility index (Phi) is 4.03. The molecule has 24 heavy (non-hydrogen) atoms. The lowest BCUT2D eigenvalue weighted by Crippen LogP contribution is -2.52. The highest BCUT2D eigenvalue weighted by Gasteiger charge is 2.41. The first-order valence-electron chi connectivity index (χ1n) is 8.09. The summed E-state index contributed by atoms with van der Waals surface area (Å²) in [5.74, 6) is -1.04. The van der Waals surface area contributed by atoms with Crippen molar-refractivity contribution in [1.29, 1.82) is 0 Å². The smallest absolute Gasteiger partial charge is 0.410 e. The monoisotopic (exact) mass is 337 g/mol. The van der Waals surface area contributed by atoms with Gasteiger partial charge in [-0.15, -0.1) is 0 Å². The second-order valence-corrected chi connectivity index (χ2v) is 7.42. The molecule has 0 aliphatic carbocycles. The lowest BCUT2D eigenvalue weighted by atomic mass is 9.90. The van der Waals surface area contributed by atoms with E-state index in [1.807, 2.05) is 20.8 Å². The summed E-state index contributed by atoms with van der Waals surface area (Å²) in [5.41, 5.74) is -0.0950. The maximum absolute atomic E-state index is 12.1. The van der Waals surface area contributed by atoms with Gasteiger partial charge in [0, 0.05) is 13.1 Å². The molecule has 2 aliphatic rings. The van der Waals surface area contributed by atoms with E-state index in [1.165, 1.54) is 0 Å². The van der Waals surface area contributed by atoms with Crippen LogP contribution in [0.3, 0.4) is 0 Å². The molecule has 1 amide bonds. The van der Waals surface area contributed by atoms with Crippen LogP contribution in [0.15, 0.2) is 6.07 Å². The standard InChI is InChI=1S/C16H23N3O5/c1-15(2,3)24-14(22)18-6-4-16(5-7-18)10-19-11(9-23-16)8-12(17-19)13(20)21/h8H,4-7,9-10H2,1-3H3,(H,20,21). The molecule has 3 rings (SSSR count). The van der Waals surface area contributed by atoms with Gasteiger partial charge < -0.3 is 19.5 Å².